The van der Waals surface area contributed by atoms with Crippen LogP contribution in [0.1, 0.15) is 98.4 Å². The van der Waals surface area contributed by atoms with Crippen molar-refractivity contribution in [2.45, 2.75) is 78.7 Å². The normalized spacial score (nSPS) is 12.8. The van der Waals surface area contributed by atoms with Crippen LogP contribution in [0.25, 0.3) is 10.9 Å². The van der Waals surface area contributed by atoms with Crippen LogP contribution in [0.15, 0.2) is 66.7 Å². The average Bonchev–Trinajstić information content (AvgIpc) is 3.17. The zero-order valence-corrected chi connectivity index (χ0v) is 26.0. The summed E-state index contributed by atoms with van der Waals surface area (Å²) in [7, 11) is 2.04. The van der Waals surface area contributed by atoms with Crippen LogP contribution in [0.4, 0.5) is 0 Å². The fraction of sp³-hybridized carbons (Fsp3) is 0.389. The number of carbonyl (C=O) groups is 2. The van der Waals surface area contributed by atoms with Gasteiger partial charge in [-0.3, -0.25) is 9.59 Å². The highest BCUT2D eigenvalue weighted by molar-refractivity contribution is 5.99. The standard InChI is InChI=1S/C36H44N2O3/c1-10-41-34(40)36(7,8)29-13-11-12-25(20-29)21-31-24(3)38(9)32-22-27(16-19-30(31)32)33(39)37-23(2)26-14-17-28(18-15-26)35(4,5)6/h11-20,22-23H,10,21H2,1-9H3,(H,37,39)/t23-/m0/s1. The molecule has 0 radical (unpaired) electrons. The summed E-state index contributed by atoms with van der Waals surface area (Å²) in [5, 5.41) is 4.30. The van der Waals surface area contributed by atoms with Crippen LogP contribution in [-0.2, 0) is 33.8 Å². The van der Waals surface area contributed by atoms with Crippen LogP contribution in [-0.4, -0.2) is 23.1 Å². The molecule has 3 aromatic carbocycles. The Bertz CT molecular complexity index is 1570. The lowest BCUT2D eigenvalue weighted by molar-refractivity contribution is -0.148. The Balaban J connectivity index is 1.56. The molecule has 1 atom stereocenters. The van der Waals surface area contributed by atoms with E-state index in [-0.39, 0.29) is 23.3 Å². The molecule has 1 heterocycles. The molecule has 1 N–H and O–H groups in total. The number of aryl methyl sites for hydroxylation is 1. The number of amides is 1. The Kier molecular flexibility index (Phi) is 8.49. The first-order valence-corrected chi connectivity index (χ1v) is 14.5. The summed E-state index contributed by atoms with van der Waals surface area (Å²) in [5.74, 6) is -0.311. The number of carbonyl (C=O) groups excluding carboxylic acids is 2. The molecule has 41 heavy (non-hydrogen) atoms. The highest BCUT2D eigenvalue weighted by Crippen LogP contribution is 2.31. The molecular weight excluding hydrogens is 508 g/mol. The molecule has 0 saturated carbocycles. The lowest BCUT2D eigenvalue weighted by Gasteiger charge is -2.23. The average molecular weight is 553 g/mol. The van der Waals surface area contributed by atoms with Gasteiger partial charge in [-0.05, 0) is 86.4 Å². The molecule has 4 rings (SSSR count). The first-order valence-electron chi connectivity index (χ1n) is 14.5. The lowest BCUT2D eigenvalue weighted by Crippen LogP contribution is -2.31. The molecule has 216 valence electrons. The Morgan fingerprint density at radius 2 is 1.61 bits per heavy atom. The molecule has 0 aliphatic rings. The van der Waals surface area contributed by atoms with Crippen molar-refractivity contribution in [2.75, 3.05) is 6.61 Å². The van der Waals surface area contributed by atoms with Gasteiger partial charge in [-0.15, -0.1) is 0 Å². The third kappa shape index (κ3) is 6.24. The molecule has 0 saturated heterocycles. The summed E-state index contributed by atoms with van der Waals surface area (Å²) < 4.78 is 7.48. The molecule has 5 heteroatoms. The van der Waals surface area contributed by atoms with Crippen LogP contribution < -0.4 is 5.32 Å². The fourth-order valence-corrected chi connectivity index (χ4v) is 5.35. The smallest absolute Gasteiger partial charge is 0.315 e. The first kappa shape index (κ1) is 30.1. The maximum Gasteiger partial charge on any atom is 0.315 e. The Hall–Kier alpha value is -3.86. The summed E-state index contributed by atoms with van der Waals surface area (Å²) in [5.41, 5.74) is 7.81. The zero-order valence-electron chi connectivity index (χ0n) is 26.0. The van der Waals surface area contributed by atoms with Crippen LogP contribution in [0.3, 0.4) is 0 Å². The maximum absolute atomic E-state index is 13.3. The molecule has 0 bridgehead atoms. The number of fused-ring (bicyclic) bond motifs is 1. The van der Waals surface area contributed by atoms with E-state index in [1.165, 1.54) is 11.1 Å². The second kappa shape index (κ2) is 11.6. The van der Waals surface area contributed by atoms with E-state index in [9.17, 15) is 9.59 Å². The van der Waals surface area contributed by atoms with Gasteiger partial charge in [-0.1, -0.05) is 75.4 Å². The van der Waals surface area contributed by atoms with Crippen molar-refractivity contribution in [1.82, 2.24) is 9.88 Å². The molecule has 0 fully saturated rings. The third-order valence-electron chi connectivity index (χ3n) is 8.33. The number of esters is 1. The van der Waals surface area contributed by atoms with E-state index < -0.39 is 5.41 Å². The molecule has 1 aromatic heterocycles. The lowest BCUT2D eigenvalue weighted by atomic mass is 9.83. The Morgan fingerprint density at radius 1 is 0.927 bits per heavy atom. The van der Waals surface area contributed by atoms with Crippen LogP contribution in [0, 0.1) is 6.92 Å². The Morgan fingerprint density at radius 3 is 2.24 bits per heavy atom. The predicted molar refractivity (Wildman–Crippen MR) is 168 cm³/mol. The topological polar surface area (TPSA) is 60.3 Å². The quantitative estimate of drug-likeness (QED) is 0.228. The van der Waals surface area contributed by atoms with E-state index in [1.54, 1.807) is 0 Å². The van der Waals surface area contributed by atoms with Crippen LogP contribution in [0.2, 0.25) is 0 Å². The van der Waals surface area contributed by atoms with Gasteiger partial charge in [-0.2, -0.15) is 0 Å². The summed E-state index contributed by atoms with van der Waals surface area (Å²) in [6.07, 6.45) is 0.725. The maximum atomic E-state index is 13.3. The summed E-state index contributed by atoms with van der Waals surface area (Å²) in [6.45, 7) is 16.7. The molecule has 4 aromatic rings. The van der Waals surface area contributed by atoms with Gasteiger partial charge < -0.3 is 14.6 Å². The number of aromatic nitrogens is 1. The number of hydrogen-bond acceptors (Lipinski definition) is 3. The molecule has 1 amide bonds. The second-order valence-electron chi connectivity index (χ2n) is 12.6. The summed E-state index contributed by atoms with van der Waals surface area (Å²) in [4.78, 5) is 25.9. The van der Waals surface area contributed by atoms with Gasteiger partial charge in [0.05, 0.1) is 18.1 Å². The molecule has 0 aliphatic heterocycles. The minimum Gasteiger partial charge on any atom is -0.465 e. The monoisotopic (exact) mass is 552 g/mol. The largest absolute Gasteiger partial charge is 0.465 e. The van der Waals surface area contributed by atoms with Gasteiger partial charge in [0.2, 0.25) is 0 Å². The van der Waals surface area contributed by atoms with Crippen molar-refractivity contribution in [3.63, 3.8) is 0 Å². The predicted octanol–water partition coefficient (Wildman–Crippen LogP) is 7.71. The van der Waals surface area contributed by atoms with E-state index >= 15 is 0 Å². The van der Waals surface area contributed by atoms with Crippen molar-refractivity contribution in [3.05, 3.63) is 106 Å². The van der Waals surface area contributed by atoms with Gasteiger partial charge in [0.15, 0.2) is 0 Å². The zero-order chi connectivity index (χ0) is 30.1. The molecule has 0 spiro atoms. The van der Waals surface area contributed by atoms with Crippen molar-refractivity contribution in [1.29, 1.82) is 0 Å². The highest BCUT2D eigenvalue weighted by Gasteiger charge is 2.31. The van der Waals surface area contributed by atoms with Crippen molar-refractivity contribution >= 4 is 22.8 Å². The van der Waals surface area contributed by atoms with Gasteiger partial charge in [0.1, 0.15) is 0 Å². The van der Waals surface area contributed by atoms with Gasteiger partial charge in [-0.25, -0.2) is 0 Å². The number of nitrogens with one attached hydrogen (secondary N) is 1. The molecular formula is C36H44N2O3. The number of rotatable bonds is 8. The number of nitrogens with zero attached hydrogens (tertiary/aromatic N) is 1. The number of benzene rings is 3. The number of hydrogen-bond donors (Lipinski definition) is 1. The van der Waals surface area contributed by atoms with E-state index in [0.717, 1.165) is 39.7 Å². The van der Waals surface area contributed by atoms with Gasteiger partial charge >= 0.3 is 5.97 Å². The van der Waals surface area contributed by atoms with E-state index in [4.69, 9.17) is 4.74 Å². The van der Waals surface area contributed by atoms with Gasteiger partial charge in [0, 0.05) is 29.2 Å². The first-order chi connectivity index (χ1) is 19.2. The molecule has 5 nitrogen and oxygen atoms in total. The Labute approximate surface area is 244 Å². The molecule has 0 unspecified atom stereocenters. The van der Waals surface area contributed by atoms with Crippen LogP contribution in [0.5, 0.6) is 0 Å². The minimum atomic E-state index is -0.728. The van der Waals surface area contributed by atoms with E-state index in [2.05, 4.69) is 80.0 Å². The third-order valence-corrected chi connectivity index (χ3v) is 8.33. The fourth-order valence-electron chi connectivity index (χ4n) is 5.35. The van der Waals surface area contributed by atoms with E-state index in [1.807, 2.05) is 59.0 Å². The SMILES string of the molecule is CCOC(=O)C(C)(C)c1cccc(Cc2c(C)n(C)c3cc(C(=O)N[C@@H](C)c4ccc(C(C)(C)C)cc4)ccc23)c1. The van der Waals surface area contributed by atoms with Crippen LogP contribution >= 0.6 is 0 Å². The van der Waals surface area contributed by atoms with Crippen molar-refractivity contribution in [2.24, 2.45) is 7.05 Å². The summed E-state index contributed by atoms with van der Waals surface area (Å²) >= 11 is 0. The van der Waals surface area contributed by atoms with Gasteiger partial charge in [0.25, 0.3) is 5.91 Å². The summed E-state index contributed by atoms with van der Waals surface area (Å²) in [6, 6.07) is 22.5. The minimum absolute atomic E-state index is 0.0893. The van der Waals surface area contributed by atoms with Crippen molar-refractivity contribution in [3.8, 4) is 0 Å². The van der Waals surface area contributed by atoms with E-state index in [0.29, 0.717) is 12.2 Å². The highest BCUT2D eigenvalue weighted by atomic mass is 16.5. The van der Waals surface area contributed by atoms with Crippen molar-refractivity contribution < 1.29 is 14.3 Å². The number of ether oxygens (including phenoxy) is 1. The second-order valence-corrected chi connectivity index (χ2v) is 12.6. The molecule has 0 aliphatic carbocycles.